The van der Waals surface area contributed by atoms with Gasteiger partial charge in [-0.3, -0.25) is 24.2 Å². The Labute approximate surface area is 246 Å². The van der Waals surface area contributed by atoms with Crippen LogP contribution in [0.4, 0.5) is 13.2 Å². The second-order valence-electron chi connectivity index (χ2n) is 10.4. The molecule has 3 saturated heterocycles. The smallest absolute Gasteiger partial charge is 0.490 e. The predicted octanol–water partition coefficient (Wildman–Crippen LogP) is 4.08. The Morgan fingerprint density at radius 1 is 1.00 bits per heavy atom. The van der Waals surface area contributed by atoms with Gasteiger partial charge in [0, 0.05) is 18.2 Å². The lowest BCUT2D eigenvalue weighted by Crippen LogP contribution is -2.59. The normalized spacial score (nSPS) is 24.9. The maximum absolute atomic E-state index is 13.6. The summed E-state index contributed by atoms with van der Waals surface area (Å²) in [4.78, 5) is 52.8. The number of ether oxygens (including phenoxy) is 3. The molecule has 0 bridgehead atoms. The maximum Gasteiger partial charge on any atom is 0.490 e. The number of likely N-dealkylation sites (tertiary alicyclic amines) is 1. The number of aliphatic carboxylic acids is 1. The van der Waals surface area contributed by atoms with Gasteiger partial charge in [0.15, 0.2) is 0 Å². The molecular weight excluding hydrogens is 573 g/mol. The number of fused-ring (bicyclic) bond motifs is 3. The molecule has 2 aromatic carbocycles. The fourth-order valence-corrected chi connectivity index (χ4v) is 6.63. The van der Waals surface area contributed by atoms with Gasteiger partial charge in [0.05, 0.1) is 33.2 Å². The number of hydrogen-bond acceptors (Lipinski definition) is 8. The van der Waals surface area contributed by atoms with E-state index >= 15 is 0 Å². The van der Waals surface area contributed by atoms with Crippen LogP contribution in [0.5, 0.6) is 11.5 Å². The van der Waals surface area contributed by atoms with Crippen LogP contribution in [0.15, 0.2) is 42.5 Å². The molecule has 2 aromatic rings. The summed E-state index contributed by atoms with van der Waals surface area (Å²) in [6, 6.07) is 13.2. The second kappa shape index (κ2) is 12.2. The van der Waals surface area contributed by atoms with Gasteiger partial charge in [-0.1, -0.05) is 24.3 Å². The first kappa shape index (κ1) is 31.8. The molecule has 3 unspecified atom stereocenters. The van der Waals surface area contributed by atoms with Crippen molar-refractivity contribution in [3.63, 3.8) is 0 Å². The SMILES string of the molecule is CCN1C(=O)C2C(c3ccc(-c4ccc(OC)cc4)c(OC)c3)N3CCCC[C@@]3(C(=O)OC)C2C1=O.O=C(O)C(F)(F)F. The fourth-order valence-electron chi connectivity index (χ4n) is 6.63. The van der Waals surface area contributed by atoms with Gasteiger partial charge < -0.3 is 19.3 Å². The quantitative estimate of drug-likeness (QED) is 0.383. The highest BCUT2D eigenvalue weighted by molar-refractivity contribution is 6.09. The molecule has 0 aromatic heterocycles. The first-order chi connectivity index (χ1) is 20.4. The lowest BCUT2D eigenvalue weighted by Gasteiger charge is -2.44. The van der Waals surface area contributed by atoms with Crippen molar-refractivity contribution in [2.75, 3.05) is 34.4 Å². The van der Waals surface area contributed by atoms with Crippen molar-refractivity contribution in [3.05, 3.63) is 48.0 Å². The zero-order valence-electron chi connectivity index (χ0n) is 24.1. The fraction of sp³-hybridized carbons (Fsp3) is 0.467. The van der Waals surface area contributed by atoms with Crippen LogP contribution in [0.3, 0.4) is 0 Å². The number of alkyl halides is 3. The van der Waals surface area contributed by atoms with Crippen molar-refractivity contribution < 1.29 is 51.7 Å². The zero-order valence-corrected chi connectivity index (χ0v) is 24.1. The number of amides is 2. The minimum atomic E-state index is -5.08. The number of carbonyl (C=O) groups is 4. The topological polar surface area (TPSA) is 123 Å². The van der Waals surface area contributed by atoms with Gasteiger partial charge in [-0.15, -0.1) is 0 Å². The molecule has 43 heavy (non-hydrogen) atoms. The number of esters is 1. The van der Waals surface area contributed by atoms with E-state index in [0.717, 1.165) is 35.3 Å². The van der Waals surface area contributed by atoms with Gasteiger partial charge in [0.1, 0.15) is 17.0 Å². The Bertz CT molecular complexity index is 1400. The number of carboxylic acids is 1. The van der Waals surface area contributed by atoms with Gasteiger partial charge in [-0.25, -0.2) is 4.79 Å². The third kappa shape index (κ3) is 5.41. The van der Waals surface area contributed by atoms with Crippen molar-refractivity contribution in [2.24, 2.45) is 11.8 Å². The Balaban J connectivity index is 0.000000541. The van der Waals surface area contributed by atoms with Crippen LogP contribution in [0.1, 0.15) is 37.8 Å². The first-order valence-electron chi connectivity index (χ1n) is 13.7. The van der Waals surface area contributed by atoms with Crippen LogP contribution < -0.4 is 9.47 Å². The van der Waals surface area contributed by atoms with Crippen molar-refractivity contribution >= 4 is 23.8 Å². The van der Waals surface area contributed by atoms with E-state index < -0.39 is 41.5 Å². The lowest BCUT2D eigenvalue weighted by molar-refractivity contribution is -0.192. The molecule has 0 radical (unpaired) electrons. The number of piperidine rings is 1. The summed E-state index contributed by atoms with van der Waals surface area (Å²) in [5.41, 5.74) is 1.59. The van der Waals surface area contributed by atoms with Crippen LogP contribution in [0.2, 0.25) is 0 Å². The van der Waals surface area contributed by atoms with E-state index in [9.17, 15) is 27.6 Å². The molecule has 2 amide bonds. The van der Waals surface area contributed by atoms with Gasteiger partial charge in [0.2, 0.25) is 11.8 Å². The number of carboxylic acid groups (broad SMARTS) is 1. The van der Waals surface area contributed by atoms with Crippen LogP contribution >= 0.6 is 0 Å². The lowest BCUT2D eigenvalue weighted by atomic mass is 9.75. The molecule has 232 valence electrons. The minimum Gasteiger partial charge on any atom is -0.497 e. The summed E-state index contributed by atoms with van der Waals surface area (Å²) in [5, 5.41) is 7.12. The largest absolute Gasteiger partial charge is 0.497 e. The number of imide groups is 1. The molecule has 0 saturated carbocycles. The van der Waals surface area contributed by atoms with Crippen LogP contribution in [0, 0.1) is 11.8 Å². The third-order valence-corrected chi connectivity index (χ3v) is 8.42. The predicted molar refractivity (Wildman–Crippen MR) is 146 cm³/mol. The van der Waals surface area contributed by atoms with Crippen LogP contribution in [-0.2, 0) is 23.9 Å². The number of hydrogen-bond donors (Lipinski definition) is 1. The van der Waals surface area contributed by atoms with E-state index in [1.807, 2.05) is 42.5 Å². The highest BCUT2D eigenvalue weighted by Gasteiger charge is 2.72. The Kier molecular flexibility index (Phi) is 9.05. The molecule has 3 fully saturated rings. The summed E-state index contributed by atoms with van der Waals surface area (Å²) >= 11 is 0. The monoisotopic (exact) mass is 606 g/mol. The van der Waals surface area contributed by atoms with Gasteiger partial charge >= 0.3 is 18.1 Å². The minimum absolute atomic E-state index is 0.214. The standard InChI is InChI=1S/C28H32N2O6.C2HF3O2/c1-5-29-25(31)22-23(26(29)32)28(27(33)36-4)14-6-7-15-30(28)24(22)18-10-13-20(21(16-18)35-3)17-8-11-19(34-2)12-9-17;3-2(4,5)1(6)7/h8-13,16,22-24H,5-7,14-15H2,1-4H3;(H,6,7)/t22?,23?,24?,28-;/m0./s1. The number of halogens is 3. The molecule has 5 rings (SSSR count). The van der Waals surface area contributed by atoms with Crippen LogP contribution in [0.25, 0.3) is 11.1 Å². The van der Waals surface area contributed by atoms with E-state index in [-0.39, 0.29) is 18.4 Å². The van der Waals surface area contributed by atoms with E-state index in [2.05, 4.69) is 4.90 Å². The van der Waals surface area contributed by atoms with Crippen molar-refractivity contribution in [2.45, 2.75) is 43.9 Å². The summed E-state index contributed by atoms with van der Waals surface area (Å²) < 4.78 is 48.1. The van der Waals surface area contributed by atoms with Crippen molar-refractivity contribution in [3.8, 4) is 22.6 Å². The van der Waals surface area contributed by atoms with Crippen molar-refractivity contribution in [1.29, 1.82) is 0 Å². The summed E-state index contributed by atoms with van der Waals surface area (Å²) in [5.74, 6) is -3.65. The summed E-state index contributed by atoms with van der Waals surface area (Å²) in [7, 11) is 4.60. The molecule has 3 aliphatic heterocycles. The zero-order chi connectivity index (χ0) is 31.7. The average molecular weight is 607 g/mol. The first-order valence-corrected chi connectivity index (χ1v) is 13.7. The van der Waals surface area contributed by atoms with E-state index in [0.29, 0.717) is 18.7 Å². The third-order valence-electron chi connectivity index (χ3n) is 8.42. The van der Waals surface area contributed by atoms with E-state index in [1.54, 1.807) is 21.1 Å². The van der Waals surface area contributed by atoms with E-state index in [4.69, 9.17) is 24.1 Å². The number of carbonyl (C=O) groups excluding carboxylic acids is 3. The van der Waals surface area contributed by atoms with Gasteiger partial charge in [-0.2, -0.15) is 13.2 Å². The van der Waals surface area contributed by atoms with Gasteiger partial charge in [0.25, 0.3) is 0 Å². The Morgan fingerprint density at radius 3 is 2.19 bits per heavy atom. The average Bonchev–Trinajstić information content (AvgIpc) is 3.45. The molecule has 0 aliphatic carbocycles. The van der Waals surface area contributed by atoms with Crippen molar-refractivity contribution in [1.82, 2.24) is 9.80 Å². The molecule has 3 heterocycles. The molecule has 13 heteroatoms. The molecule has 4 atom stereocenters. The van der Waals surface area contributed by atoms with E-state index in [1.165, 1.54) is 12.0 Å². The molecule has 0 spiro atoms. The molecule has 1 N–H and O–H groups in total. The molecule has 3 aliphatic rings. The number of nitrogens with zero attached hydrogens (tertiary/aromatic N) is 2. The Hall–Kier alpha value is -4.13. The highest BCUT2D eigenvalue weighted by atomic mass is 19.4. The number of benzene rings is 2. The number of rotatable bonds is 6. The summed E-state index contributed by atoms with van der Waals surface area (Å²) in [6.45, 7) is 2.69. The Morgan fingerprint density at radius 2 is 1.65 bits per heavy atom. The highest BCUT2D eigenvalue weighted by Crippen LogP contribution is 2.58. The van der Waals surface area contributed by atoms with Crippen LogP contribution in [-0.4, -0.2) is 84.8 Å². The summed E-state index contributed by atoms with van der Waals surface area (Å²) in [6.07, 6.45) is -2.90. The van der Waals surface area contributed by atoms with Gasteiger partial charge in [-0.05, 0) is 62.1 Å². The molecule has 10 nitrogen and oxygen atoms in total. The maximum atomic E-state index is 13.6. The molecular formula is C30H33F3N2O8. The second-order valence-corrected chi connectivity index (χ2v) is 10.4. The number of methoxy groups -OCH3 is 3.